The highest BCUT2D eigenvalue weighted by molar-refractivity contribution is 7.67. The zero-order valence-corrected chi connectivity index (χ0v) is 7.56. The monoisotopic (exact) mass is 223 g/mol. The van der Waals surface area contributed by atoms with Gasteiger partial charge >= 0.3 is 17.1 Å². The molecule has 1 rings (SSSR count). The van der Waals surface area contributed by atoms with Crippen molar-refractivity contribution in [3.05, 3.63) is 0 Å². The Morgan fingerprint density at radius 2 is 1.71 bits per heavy atom. The number of amides is 2. The van der Waals surface area contributed by atoms with E-state index in [2.05, 4.69) is 9.02 Å². The molecule has 0 spiro atoms. The van der Waals surface area contributed by atoms with Crippen molar-refractivity contribution in [1.82, 2.24) is 5.06 Å². The van der Waals surface area contributed by atoms with Crippen molar-refractivity contribution in [2.45, 2.75) is 12.8 Å². The molecule has 1 saturated heterocycles. The molecular weight excluding hydrogens is 218 g/mol. The summed E-state index contributed by atoms with van der Waals surface area (Å²) < 4.78 is 23.3. The lowest BCUT2D eigenvalue weighted by Crippen LogP contribution is -2.32. The third-order valence-electron chi connectivity index (χ3n) is 1.32. The van der Waals surface area contributed by atoms with Crippen molar-refractivity contribution < 1.29 is 31.8 Å². The van der Waals surface area contributed by atoms with Crippen LogP contribution in [0.1, 0.15) is 12.8 Å². The molecule has 14 heavy (non-hydrogen) atoms. The van der Waals surface area contributed by atoms with Crippen molar-refractivity contribution in [1.29, 1.82) is 0 Å². The second-order valence-corrected chi connectivity index (χ2v) is 2.87. The topological polar surface area (TPSA) is 107 Å². The summed E-state index contributed by atoms with van der Waals surface area (Å²) in [6.07, 6.45) is -1.78. The zero-order chi connectivity index (χ0) is 10.7. The molecular formula is C5H5NO7S. The molecule has 1 heterocycles. The highest BCUT2D eigenvalue weighted by Gasteiger charge is 2.33. The average molecular weight is 223 g/mol. The molecule has 0 radical (unpaired) electrons. The number of thiol groups is 1. The molecule has 1 fully saturated rings. The quantitative estimate of drug-likeness (QED) is 0.459. The molecule has 0 atom stereocenters. The molecule has 0 unspecified atom stereocenters. The van der Waals surface area contributed by atoms with Gasteiger partial charge in [-0.05, 0) is 0 Å². The number of imide groups is 1. The first kappa shape index (κ1) is 10.4. The lowest BCUT2D eigenvalue weighted by molar-refractivity contribution is -0.174. The fraction of sp³-hybridized carbons (Fsp3) is 0.400. The first-order chi connectivity index (χ1) is 6.50. The Bertz CT molecular complexity index is 335. The van der Waals surface area contributed by atoms with Crippen LogP contribution in [0.15, 0.2) is 0 Å². The summed E-state index contributed by atoms with van der Waals surface area (Å²) in [5.41, 5.74) is 0. The van der Waals surface area contributed by atoms with Gasteiger partial charge in [0.05, 0.1) is 0 Å². The molecule has 0 aliphatic carbocycles. The van der Waals surface area contributed by atoms with Crippen LogP contribution in [-0.2, 0) is 29.6 Å². The maximum Gasteiger partial charge on any atom is 0.550 e. The van der Waals surface area contributed by atoms with Crippen LogP contribution in [0.3, 0.4) is 0 Å². The third kappa shape index (κ3) is 2.42. The van der Waals surface area contributed by atoms with Crippen LogP contribution in [0.4, 0.5) is 4.79 Å². The summed E-state index contributed by atoms with van der Waals surface area (Å²) >= 11 is 0. The van der Waals surface area contributed by atoms with Gasteiger partial charge in [0, 0.05) is 12.8 Å². The van der Waals surface area contributed by atoms with Gasteiger partial charge in [-0.25, -0.2) is 4.79 Å². The van der Waals surface area contributed by atoms with E-state index in [-0.39, 0.29) is 17.9 Å². The van der Waals surface area contributed by atoms with E-state index in [0.717, 1.165) is 0 Å². The van der Waals surface area contributed by atoms with Crippen molar-refractivity contribution in [3.63, 3.8) is 0 Å². The smallest absolute Gasteiger partial charge is 0.312 e. The summed E-state index contributed by atoms with van der Waals surface area (Å²) in [6.45, 7) is 0. The number of carbonyl (C=O) groups excluding carboxylic acids is 3. The minimum absolute atomic E-state index is 0.0738. The molecule has 1 aliphatic rings. The lowest BCUT2D eigenvalue weighted by atomic mass is 10.4. The number of rotatable bonds is 2. The van der Waals surface area contributed by atoms with Crippen LogP contribution < -0.4 is 0 Å². The second kappa shape index (κ2) is 4.05. The molecule has 0 bridgehead atoms. The van der Waals surface area contributed by atoms with Gasteiger partial charge in [0.1, 0.15) is 0 Å². The van der Waals surface area contributed by atoms with E-state index < -0.39 is 29.0 Å². The van der Waals surface area contributed by atoms with Gasteiger partial charge in [0.15, 0.2) is 0 Å². The highest BCUT2D eigenvalue weighted by Crippen LogP contribution is 2.12. The standard InChI is InChI=1S/C5H5NO7S/c7-3-1-2-4(8)6(3)12-5(9)13-14(10)11/h14H,1-2H2. The van der Waals surface area contributed by atoms with Crippen LogP contribution in [0, 0.1) is 0 Å². The van der Waals surface area contributed by atoms with Crippen LogP contribution in [0.2, 0.25) is 0 Å². The Hall–Kier alpha value is -1.64. The van der Waals surface area contributed by atoms with Gasteiger partial charge in [-0.15, -0.1) is 0 Å². The van der Waals surface area contributed by atoms with Gasteiger partial charge in [0.2, 0.25) is 0 Å². The van der Waals surface area contributed by atoms with Gasteiger partial charge in [0.25, 0.3) is 11.8 Å². The summed E-state index contributed by atoms with van der Waals surface area (Å²) in [7, 11) is -3.41. The predicted molar refractivity (Wildman–Crippen MR) is 39.0 cm³/mol. The van der Waals surface area contributed by atoms with Gasteiger partial charge in [-0.1, -0.05) is 5.06 Å². The Kier molecular flexibility index (Phi) is 3.02. The van der Waals surface area contributed by atoms with Gasteiger partial charge < -0.3 is 4.18 Å². The maximum atomic E-state index is 10.8. The summed E-state index contributed by atoms with van der Waals surface area (Å²) in [5, 5.41) is 0.182. The van der Waals surface area contributed by atoms with Crippen LogP contribution in [0.5, 0.6) is 0 Å². The molecule has 0 saturated carbocycles. The highest BCUT2D eigenvalue weighted by atomic mass is 32.2. The zero-order valence-electron chi connectivity index (χ0n) is 6.67. The van der Waals surface area contributed by atoms with E-state index in [1.807, 2.05) is 0 Å². The average Bonchev–Trinajstić information content (AvgIpc) is 2.34. The molecule has 0 N–H and O–H groups in total. The molecule has 0 aromatic heterocycles. The fourth-order valence-electron chi connectivity index (χ4n) is 0.810. The van der Waals surface area contributed by atoms with Gasteiger partial charge in [-0.3, -0.25) is 14.4 Å². The molecule has 2 amide bonds. The molecule has 8 nitrogen and oxygen atoms in total. The molecule has 0 aromatic rings. The Morgan fingerprint density at radius 1 is 1.21 bits per heavy atom. The molecule has 1 aliphatic heterocycles. The number of hydrogen-bond acceptors (Lipinski definition) is 7. The fourth-order valence-corrected chi connectivity index (χ4v) is 0.965. The Balaban J connectivity index is 2.55. The molecule has 78 valence electrons. The third-order valence-corrected chi connectivity index (χ3v) is 1.62. The number of hydroxylamine groups is 2. The largest absolute Gasteiger partial charge is 0.550 e. The first-order valence-electron chi connectivity index (χ1n) is 3.41. The Morgan fingerprint density at radius 3 is 2.14 bits per heavy atom. The normalized spacial score (nSPS) is 16.2. The first-order valence-corrected chi connectivity index (χ1v) is 4.50. The van der Waals surface area contributed by atoms with Crippen molar-refractivity contribution in [2.24, 2.45) is 0 Å². The van der Waals surface area contributed by atoms with E-state index in [9.17, 15) is 22.8 Å². The van der Waals surface area contributed by atoms with Crippen LogP contribution >= 0.6 is 0 Å². The van der Waals surface area contributed by atoms with E-state index in [0.29, 0.717) is 0 Å². The predicted octanol–water partition coefficient (Wildman–Crippen LogP) is -1.27. The number of nitrogens with zero attached hydrogens (tertiary/aromatic N) is 1. The van der Waals surface area contributed by atoms with E-state index in [1.54, 1.807) is 0 Å². The van der Waals surface area contributed by atoms with E-state index in [4.69, 9.17) is 0 Å². The molecule has 0 aromatic carbocycles. The van der Waals surface area contributed by atoms with E-state index >= 15 is 0 Å². The lowest BCUT2D eigenvalue weighted by Gasteiger charge is -2.09. The number of carbonyl (C=O) groups is 3. The van der Waals surface area contributed by atoms with Gasteiger partial charge in [-0.2, -0.15) is 8.42 Å². The minimum Gasteiger partial charge on any atom is -0.312 e. The maximum absolute atomic E-state index is 10.8. The second-order valence-electron chi connectivity index (χ2n) is 2.24. The Labute approximate surface area is 79.5 Å². The summed E-state index contributed by atoms with van der Waals surface area (Å²) in [5.74, 6) is -1.43. The van der Waals surface area contributed by atoms with Crippen LogP contribution in [0.25, 0.3) is 0 Å². The molecule has 9 heteroatoms. The summed E-state index contributed by atoms with van der Waals surface area (Å²) in [4.78, 5) is 36.2. The van der Waals surface area contributed by atoms with E-state index in [1.165, 1.54) is 0 Å². The summed E-state index contributed by atoms with van der Waals surface area (Å²) in [6, 6.07) is 0. The minimum atomic E-state index is -3.41. The van der Waals surface area contributed by atoms with Crippen molar-refractivity contribution in [3.8, 4) is 0 Å². The SMILES string of the molecule is O=C(ON1C(=O)CCC1=O)O[SH](=O)=O. The van der Waals surface area contributed by atoms with Crippen molar-refractivity contribution >= 4 is 29.0 Å². The van der Waals surface area contributed by atoms with Crippen LogP contribution in [-0.4, -0.2) is 31.5 Å². The number of hydrogen-bond donors (Lipinski definition) is 1. The van der Waals surface area contributed by atoms with Crippen molar-refractivity contribution in [2.75, 3.05) is 0 Å².